The smallest absolute Gasteiger partial charge is 0.264 e. The van der Waals surface area contributed by atoms with Crippen molar-refractivity contribution in [2.45, 2.75) is 57.8 Å². The number of carbonyl (C=O) groups is 1. The highest BCUT2D eigenvalue weighted by Crippen LogP contribution is 2.60. The van der Waals surface area contributed by atoms with Gasteiger partial charge in [-0.25, -0.2) is 4.99 Å². The van der Waals surface area contributed by atoms with Crippen LogP contribution in [0.5, 0.6) is 0 Å². The Labute approximate surface area is 233 Å². The van der Waals surface area contributed by atoms with Gasteiger partial charge in [-0.3, -0.25) is 4.79 Å². The van der Waals surface area contributed by atoms with Crippen molar-refractivity contribution in [3.63, 3.8) is 0 Å². The molecule has 1 amide bonds. The summed E-state index contributed by atoms with van der Waals surface area (Å²) in [4.78, 5) is 17.9. The van der Waals surface area contributed by atoms with Gasteiger partial charge in [0.1, 0.15) is 0 Å². The number of halogens is 1. The van der Waals surface area contributed by atoms with Crippen molar-refractivity contribution in [3.05, 3.63) is 87.0 Å². The van der Waals surface area contributed by atoms with Crippen LogP contribution in [0.1, 0.15) is 61.0 Å². The van der Waals surface area contributed by atoms with Gasteiger partial charge in [0.25, 0.3) is 5.91 Å². The van der Waals surface area contributed by atoms with E-state index in [2.05, 4.69) is 59.1 Å². The molecule has 3 aromatic rings. The number of amides is 1. The number of rotatable bonds is 4. The molecule has 1 N–H and O–H groups in total. The number of benzene rings is 2. The van der Waals surface area contributed by atoms with Gasteiger partial charge < -0.3 is 9.88 Å². The van der Waals surface area contributed by atoms with Crippen LogP contribution < -0.4 is 5.32 Å². The molecule has 4 bridgehead atoms. The first-order chi connectivity index (χ1) is 18.3. The summed E-state index contributed by atoms with van der Waals surface area (Å²) in [6.45, 7) is 4.27. The molecule has 8 rings (SSSR count). The van der Waals surface area contributed by atoms with Gasteiger partial charge in [0.15, 0.2) is 5.17 Å². The number of aliphatic imine (C=N–C) groups is 1. The average Bonchev–Trinajstić information content (AvgIpc) is 3.37. The number of thioether (sulfide) groups is 1. The van der Waals surface area contributed by atoms with E-state index in [9.17, 15) is 4.79 Å². The van der Waals surface area contributed by atoms with Crippen LogP contribution in [0, 0.1) is 31.6 Å². The van der Waals surface area contributed by atoms with Crippen LogP contribution in [-0.2, 0) is 10.2 Å². The van der Waals surface area contributed by atoms with Gasteiger partial charge in [-0.1, -0.05) is 23.7 Å². The van der Waals surface area contributed by atoms with Gasteiger partial charge in [-0.2, -0.15) is 0 Å². The number of nitrogens with one attached hydrogen (secondary N) is 1. The molecule has 4 saturated carbocycles. The number of hydrogen-bond acceptors (Lipinski definition) is 3. The number of aryl methyl sites for hydroxylation is 1. The Kier molecular flexibility index (Phi) is 5.86. The van der Waals surface area contributed by atoms with Crippen molar-refractivity contribution in [1.82, 2.24) is 9.88 Å². The predicted octanol–water partition coefficient (Wildman–Crippen LogP) is 8.11. The van der Waals surface area contributed by atoms with E-state index in [0.29, 0.717) is 20.5 Å². The van der Waals surface area contributed by atoms with Gasteiger partial charge in [0.05, 0.1) is 10.6 Å². The van der Waals surface area contributed by atoms with Crippen molar-refractivity contribution in [3.8, 4) is 5.69 Å². The monoisotopic (exact) mass is 541 g/mol. The highest BCUT2D eigenvalue weighted by Gasteiger charge is 2.51. The third-order valence-corrected chi connectivity index (χ3v) is 10.4. The van der Waals surface area contributed by atoms with E-state index in [1.165, 1.54) is 56.0 Å². The molecule has 2 aromatic carbocycles. The molecule has 4 aliphatic carbocycles. The number of amidine groups is 1. The second-order valence-corrected chi connectivity index (χ2v) is 13.3. The fourth-order valence-electron chi connectivity index (χ4n) is 8.01. The SMILES string of the molecule is Cc1cc(/C=C2\SC(=Nc3ccc(Cl)cc3)NC2=O)c(C)n1-c1ccc(C23CC4CC(CC(C4)C2)C3)cc1. The fourth-order valence-corrected chi connectivity index (χ4v) is 8.97. The molecule has 1 saturated heterocycles. The molecule has 0 radical (unpaired) electrons. The molecule has 4 nitrogen and oxygen atoms in total. The Bertz CT molecular complexity index is 1450. The van der Waals surface area contributed by atoms with E-state index in [-0.39, 0.29) is 5.91 Å². The summed E-state index contributed by atoms with van der Waals surface area (Å²) in [5.74, 6) is 2.74. The molecule has 5 fully saturated rings. The largest absolute Gasteiger partial charge is 0.318 e. The average molecular weight is 542 g/mol. The lowest BCUT2D eigenvalue weighted by Crippen LogP contribution is -2.48. The lowest BCUT2D eigenvalue weighted by molar-refractivity contribution is -0.115. The molecule has 1 aromatic heterocycles. The van der Waals surface area contributed by atoms with Gasteiger partial charge in [-0.15, -0.1) is 0 Å². The van der Waals surface area contributed by atoms with E-state index in [4.69, 9.17) is 11.6 Å². The molecular formula is C32H32ClN3OS. The van der Waals surface area contributed by atoms with E-state index >= 15 is 0 Å². The number of nitrogens with zero attached hydrogens (tertiary/aromatic N) is 2. The minimum absolute atomic E-state index is 0.118. The van der Waals surface area contributed by atoms with Crippen LogP contribution >= 0.6 is 23.4 Å². The Hall–Kier alpha value is -2.76. The second-order valence-electron chi connectivity index (χ2n) is 11.9. The minimum atomic E-state index is -0.118. The highest BCUT2D eigenvalue weighted by atomic mass is 35.5. The lowest BCUT2D eigenvalue weighted by Gasteiger charge is -2.57. The second kappa shape index (κ2) is 9.17. The summed E-state index contributed by atoms with van der Waals surface area (Å²) in [6.07, 6.45) is 10.6. The van der Waals surface area contributed by atoms with E-state index in [1.54, 1.807) is 17.7 Å². The quantitative estimate of drug-likeness (QED) is 0.339. The predicted molar refractivity (Wildman–Crippen MR) is 157 cm³/mol. The molecular weight excluding hydrogens is 510 g/mol. The highest BCUT2D eigenvalue weighted by molar-refractivity contribution is 8.18. The van der Waals surface area contributed by atoms with Crippen molar-refractivity contribution < 1.29 is 4.79 Å². The first-order valence-corrected chi connectivity index (χ1v) is 14.9. The Balaban J connectivity index is 1.14. The van der Waals surface area contributed by atoms with Gasteiger partial charge in [0, 0.05) is 22.1 Å². The fraction of sp³-hybridized carbons (Fsp3) is 0.375. The lowest BCUT2D eigenvalue weighted by atomic mass is 9.48. The Morgan fingerprint density at radius 1 is 0.974 bits per heavy atom. The zero-order valence-electron chi connectivity index (χ0n) is 21.8. The number of aromatic nitrogens is 1. The van der Waals surface area contributed by atoms with Crippen molar-refractivity contribution in [1.29, 1.82) is 0 Å². The summed E-state index contributed by atoms with van der Waals surface area (Å²) in [5.41, 5.74) is 7.27. The van der Waals surface area contributed by atoms with E-state index in [0.717, 1.165) is 40.4 Å². The van der Waals surface area contributed by atoms with Crippen molar-refractivity contribution >= 4 is 46.2 Å². The van der Waals surface area contributed by atoms with E-state index < -0.39 is 0 Å². The first-order valence-electron chi connectivity index (χ1n) is 13.7. The van der Waals surface area contributed by atoms with Crippen LogP contribution in [0.3, 0.4) is 0 Å². The van der Waals surface area contributed by atoms with Gasteiger partial charge >= 0.3 is 0 Å². The van der Waals surface area contributed by atoms with Crippen molar-refractivity contribution in [2.75, 3.05) is 0 Å². The van der Waals surface area contributed by atoms with Crippen LogP contribution in [0.4, 0.5) is 5.69 Å². The molecule has 0 atom stereocenters. The molecule has 2 heterocycles. The van der Waals surface area contributed by atoms with Crippen LogP contribution in [0.15, 0.2) is 64.5 Å². The zero-order chi connectivity index (χ0) is 26.0. The molecule has 6 heteroatoms. The maximum atomic E-state index is 12.7. The minimum Gasteiger partial charge on any atom is -0.318 e. The molecule has 38 heavy (non-hydrogen) atoms. The standard InChI is InChI=1S/C32H32ClN3OS/c1-19-11-24(15-29-30(37)35-31(38-29)34-27-7-5-26(33)6-8-27)20(2)36(19)28-9-3-25(4-10-28)32-16-21-12-22(17-32)14-23(13-21)18-32/h3-11,15,21-23H,12-14,16-18H2,1-2H3,(H,34,35,37)/b29-15-. The summed E-state index contributed by atoms with van der Waals surface area (Å²) in [7, 11) is 0. The van der Waals surface area contributed by atoms with Gasteiger partial charge in [-0.05, 0) is 147 Å². The molecule has 0 unspecified atom stereocenters. The van der Waals surface area contributed by atoms with Crippen molar-refractivity contribution in [2.24, 2.45) is 22.7 Å². The molecule has 0 spiro atoms. The molecule has 194 valence electrons. The zero-order valence-corrected chi connectivity index (χ0v) is 23.4. The maximum absolute atomic E-state index is 12.7. The van der Waals surface area contributed by atoms with Gasteiger partial charge in [0.2, 0.25) is 0 Å². The molecule has 5 aliphatic rings. The summed E-state index contributed by atoms with van der Waals surface area (Å²) in [5, 5.41) is 4.13. The molecule has 1 aliphatic heterocycles. The first kappa shape index (κ1) is 24.3. The number of carbonyl (C=O) groups excluding carboxylic acids is 1. The summed E-state index contributed by atoms with van der Waals surface area (Å²) >= 11 is 7.34. The summed E-state index contributed by atoms with van der Waals surface area (Å²) < 4.78 is 2.30. The van der Waals surface area contributed by atoms with Crippen LogP contribution in [0.2, 0.25) is 5.02 Å². The Morgan fingerprint density at radius 3 is 2.24 bits per heavy atom. The maximum Gasteiger partial charge on any atom is 0.264 e. The normalized spacial score (nSPS) is 30.0. The topological polar surface area (TPSA) is 46.4 Å². The third kappa shape index (κ3) is 4.24. The summed E-state index contributed by atoms with van der Waals surface area (Å²) in [6, 6.07) is 18.8. The van der Waals surface area contributed by atoms with Crippen LogP contribution in [0.25, 0.3) is 11.8 Å². The van der Waals surface area contributed by atoms with Crippen LogP contribution in [-0.4, -0.2) is 15.6 Å². The number of hydrogen-bond donors (Lipinski definition) is 1. The Morgan fingerprint density at radius 2 is 1.61 bits per heavy atom. The third-order valence-electron chi connectivity index (χ3n) is 9.24. The van der Waals surface area contributed by atoms with E-state index in [1.807, 2.05) is 18.2 Å².